The highest BCUT2D eigenvalue weighted by atomic mass is 16.5. The second-order valence-electron chi connectivity index (χ2n) is 5.35. The second kappa shape index (κ2) is 7.96. The molecule has 2 heterocycles. The van der Waals surface area contributed by atoms with Crippen molar-refractivity contribution < 1.29 is 9.53 Å². The number of urea groups is 1. The first-order chi connectivity index (χ1) is 12.2. The number of ether oxygens (including phenoxy) is 1. The normalized spacial score (nSPS) is 10.3. The lowest BCUT2D eigenvalue weighted by Gasteiger charge is -2.08. The zero-order valence-electron chi connectivity index (χ0n) is 13.8. The average Bonchev–Trinajstić information content (AvgIpc) is 3.18. The van der Waals surface area contributed by atoms with Crippen LogP contribution in [-0.2, 0) is 6.42 Å². The molecule has 0 bridgehead atoms. The molecule has 1 aromatic carbocycles. The summed E-state index contributed by atoms with van der Waals surface area (Å²) in [4.78, 5) is 20.2. The largest absolute Gasteiger partial charge is 0.497 e. The summed E-state index contributed by atoms with van der Waals surface area (Å²) in [7, 11) is 1.64. The summed E-state index contributed by atoms with van der Waals surface area (Å²) in [5.41, 5.74) is 1.76. The van der Waals surface area contributed by atoms with Gasteiger partial charge in [-0.05, 0) is 36.2 Å². The number of carbonyl (C=O) groups is 1. The maximum atomic E-state index is 11.9. The number of hydrogen-bond acceptors (Lipinski definition) is 4. The van der Waals surface area contributed by atoms with Crippen LogP contribution in [0.1, 0.15) is 5.56 Å². The van der Waals surface area contributed by atoms with Gasteiger partial charge in [0.25, 0.3) is 0 Å². The Bertz CT molecular complexity index is 798. The summed E-state index contributed by atoms with van der Waals surface area (Å²) in [6, 6.07) is 11.1. The van der Waals surface area contributed by atoms with Crippen LogP contribution in [0.15, 0.2) is 61.3 Å². The van der Waals surface area contributed by atoms with Crippen molar-refractivity contribution in [2.24, 2.45) is 0 Å². The van der Waals surface area contributed by atoms with Gasteiger partial charge in [-0.25, -0.2) is 14.8 Å². The lowest BCUT2D eigenvalue weighted by Crippen LogP contribution is -2.30. The standard InChI is InChI=1S/C18H19N5O2/c1-25-16-5-2-14(3-6-16)8-9-20-18(24)22-15-4-7-17(21-12-15)23-11-10-19-13-23/h2-7,10-13H,8-9H2,1H3,(H2,20,22,24). The Morgan fingerprint density at radius 3 is 2.68 bits per heavy atom. The molecule has 3 aromatic rings. The van der Waals surface area contributed by atoms with Gasteiger partial charge in [-0.2, -0.15) is 0 Å². The summed E-state index contributed by atoms with van der Waals surface area (Å²) in [6.45, 7) is 0.540. The second-order valence-corrected chi connectivity index (χ2v) is 5.35. The zero-order chi connectivity index (χ0) is 17.5. The van der Waals surface area contributed by atoms with Crippen LogP contribution >= 0.6 is 0 Å². The predicted octanol–water partition coefficient (Wildman–Crippen LogP) is 2.64. The summed E-state index contributed by atoms with van der Waals surface area (Å²) in [5, 5.41) is 5.59. The van der Waals surface area contributed by atoms with E-state index in [-0.39, 0.29) is 6.03 Å². The number of hydrogen-bond donors (Lipinski definition) is 2. The molecule has 0 saturated heterocycles. The van der Waals surface area contributed by atoms with Gasteiger partial charge in [-0.3, -0.25) is 4.57 Å². The molecule has 0 radical (unpaired) electrons. The Hall–Kier alpha value is -3.35. The summed E-state index contributed by atoms with van der Waals surface area (Å²) in [6.07, 6.45) is 7.51. The molecule has 2 N–H and O–H groups in total. The lowest BCUT2D eigenvalue weighted by molar-refractivity contribution is 0.252. The van der Waals surface area contributed by atoms with Crippen LogP contribution in [0.3, 0.4) is 0 Å². The Morgan fingerprint density at radius 1 is 1.20 bits per heavy atom. The molecule has 0 aliphatic rings. The molecule has 2 amide bonds. The van der Waals surface area contributed by atoms with Gasteiger partial charge in [0.1, 0.15) is 17.9 Å². The molecule has 128 valence electrons. The van der Waals surface area contributed by atoms with E-state index in [1.165, 1.54) is 0 Å². The topological polar surface area (TPSA) is 81.1 Å². The van der Waals surface area contributed by atoms with Crippen LogP contribution in [0.25, 0.3) is 5.82 Å². The molecule has 7 heteroatoms. The number of anilines is 1. The van der Waals surface area contributed by atoms with Crippen LogP contribution < -0.4 is 15.4 Å². The number of methoxy groups -OCH3 is 1. The van der Waals surface area contributed by atoms with E-state index in [1.54, 1.807) is 42.7 Å². The van der Waals surface area contributed by atoms with Gasteiger partial charge in [0, 0.05) is 18.9 Å². The molecule has 25 heavy (non-hydrogen) atoms. The van der Waals surface area contributed by atoms with Crippen molar-refractivity contribution in [3.05, 3.63) is 66.9 Å². The Kier molecular flexibility index (Phi) is 5.26. The zero-order valence-corrected chi connectivity index (χ0v) is 13.8. The van der Waals surface area contributed by atoms with E-state index in [1.807, 2.05) is 30.3 Å². The molecular formula is C18H19N5O2. The van der Waals surface area contributed by atoms with E-state index in [4.69, 9.17) is 4.74 Å². The van der Waals surface area contributed by atoms with Crippen molar-refractivity contribution in [1.82, 2.24) is 19.9 Å². The van der Waals surface area contributed by atoms with Crippen molar-refractivity contribution >= 4 is 11.7 Å². The fourth-order valence-electron chi connectivity index (χ4n) is 2.30. The van der Waals surface area contributed by atoms with Crippen molar-refractivity contribution in [2.45, 2.75) is 6.42 Å². The molecular weight excluding hydrogens is 318 g/mol. The molecule has 0 aliphatic carbocycles. The Morgan fingerprint density at radius 2 is 2.04 bits per heavy atom. The van der Waals surface area contributed by atoms with Crippen LogP contribution in [0, 0.1) is 0 Å². The van der Waals surface area contributed by atoms with Gasteiger partial charge in [0.05, 0.1) is 19.0 Å². The number of pyridine rings is 1. The van der Waals surface area contributed by atoms with Gasteiger partial charge < -0.3 is 15.4 Å². The number of amides is 2. The fourth-order valence-corrected chi connectivity index (χ4v) is 2.30. The molecule has 7 nitrogen and oxygen atoms in total. The van der Waals surface area contributed by atoms with Crippen molar-refractivity contribution in [3.8, 4) is 11.6 Å². The van der Waals surface area contributed by atoms with Crippen molar-refractivity contribution in [3.63, 3.8) is 0 Å². The van der Waals surface area contributed by atoms with Crippen LogP contribution in [-0.4, -0.2) is 34.2 Å². The first-order valence-electron chi connectivity index (χ1n) is 7.87. The quantitative estimate of drug-likeness (QED) is 0.724. The number of benzene rings is 1. The fraction of sp³-hybridized carbons (Fsp3) is 0.167. The molecule has 0 unspecified atom stereocenters. The van der Waals surface area contributed by atoms with E-state index in [0.29, 0.717) is 12.2 Å². The molecule has 0 fully saturated rings. The van der Waals surface area contributed by atoms with E-state index in [0.717, 1.165) is 23.6 Å². The summed E-state index contributed by atoms with van der Waals surface area (Å²) >= 11 is 0. The first-order valence-corrected chi connectivity index (χ1v) is 7.87. The third-order valence-corrected chi connectivity index (χ3v) is 3.63. The van der Waals surface area contributed by atoms with Crippen molar-refractivity contribution in [2.75, 3.05) is 19.0 Å². The summed E-state index contributed by atoms with van der Waals surface area (Å²) < 4.78 is 6.91. The predicted molar refractivity (Wildman–Crippen MR) is 95.1 cm³/mol. The highest BCUT2D eigenvalue weighted by Crippen LogP contribution is 2.11. The lowest BCUT2D eigenvalue weighted by atomic mass is 10.1. The van der Waals surface area contributed by atoms with E-state index >= 15 is 0 Å². The molecule has 0 aliphatic heterocycles. The van der Waals surface area contributed by atoms with Crippen molar-refractivity contribution in [1.29, 1.82) is 0 Å². The van der Waals surface area contributed by atoms with Gasteiger partial charge in [0.2, 0.25) is 0 Å². The molecule has 2 aromatic heterocycles. The monoisotopic (exact) mass is 337 g/mol. The molecule has 0 spiro atoms. The van der Waals surface area contributed by atoms with E-state index in [9.17, 15) is 4.79 Å². The average molecular weight is 337 g/mol. The van der Waals surface area contributed by atoms with E-state index < -0.39 is 0 Å². The minimum absolute atomic E-state index is 0.259. The van der Waals surface area contributed by atoms with Gasteiger partial charge >= 0.3 is 6.03 Å². The van der Waals surface area contributed by atoms with Gasteiger partial charge in [-0.15, -0.1) is 0 Å². The number of rotatable bonds is 6. The number of nitrogens with zero attached hydrogens (tertiary/aromatic N) is 3. The Balaban J connectivity index is 1.45. The van der Waals surface area contributed by atoms with Gasteiger partial charge in [-0.1, -0.05) is 12.1 Å². The smallest absolute Gasteiger partial charge is 0.319 e. The number of nitrogens with one attached hydrogen (secondary N) is 2. The molecule has 3 rings (SSSR count). The van der Waals surface area contributed by atoms with Crippen LogP contribution in [0.2, 0.25) is 0 Å². The third kappa shape index (κ3) is 4.57. The molecule has 0 saturated carbocycles. The van der Waals surface area contributed by atoms with E-state index in [2.05, 4.69) is 20.6 Å². The highest BCUT2D eigenvalue weighted by molar-refractivity contribution is 5.89. The number of carbonyl (C=O) groups excluding carboxylic acids is 1. The number of aromatic nitrogens is 3. The summed E-state index contributed by atoms with van der Waals surface area (Å²) in [5.74, 6) is 1.56. The van der Waals surface area contributed by atoms with Gasteiger partial charge in [0.15, 0.2) is 0 Å². The highest BCUT2D eigenvalue weighted by Gasteiger charge is 2.03. The van der Waals surface area contributed by atoms with Crippen LogP contribution in [0.4, 0.5) is 10.5 Å². The minimum Gasteiger partial charge on any atom is -0.497 e. The molecule has 0 atom stereocenters. The van der Waals surface area contributed by atoms with Crippen LogP contribution in [0.5, 0.6) is 5.75 Å². The minimum atomic E-state index is -0.259. The maximum Gasteiger partial charge on any atom is 0.319 e. The number of imidazole rings is 1. The Labute approximate surface area is 145 Å². The maximum absolute atomic E-state index is 11.9. The third-order valence-electron chi connectivity index (χ3n) is 3.63. The SMILES string of the molecule is COc1ccc(CCNC(=O)Nc2ccc(-n3ccnc3)nc2)cc1. The first kappa shape index (κ1) is 16.5.